The Balaban J connectivity index is 1.34. The summed E-state index contributed by atoms with van der Waals surface area (Å²) in [6.45, 7) is 1.05. The highest BCUT2D eigenvalue weighted by molar-refractivity contribution is 6.16. The van der Waals surface area contributed by atoms with E-state index in [2.05, 4.69) is 15.6 Å². The smallest absolute Gasteiger partial charge is 0.370 e. The average molecular weight is 634 g/mol. The van der Waals surface area contributed by atoms with Crippen molar-refractivity contribution in [2.24, 2.45) is 5.10 Å². The Morgan fingerprint density at radius 2 is 1.78 bits per heavy atom. The first-order valence-electron chi connectivity index (χ1n) is 15.5. The van der Waals surface area contributed by atoms with Gasteiger partial charge in [-0.2, -0.15) is 23.4 Å². The summed E-state index contributed by atoms with van der Waals surface area (Å²) in [5.41, 5.74) is 8.79. The molecule has 2 aliphatic rings. The molecule has 46 heavy (non-hydrogen) atoms. The number of alkyl halides is 3. The van der Waals surface area contributed by atoms with Crippen LogP contribution in [0.15, 0.2) is 70.7 Å². The van der Waals surface area contributed by atoms with E-state index in [1.165, 1.54) is 0 Å². The Labute approximate surface area is 263 Å². The number of hydrogen-bond acceptors (Lipinski definition) is 6. The van der Waals surface area contributed by atoms with Crippen LogP contribution in [0.5, 0.6) is 0 Å². The Kier molecular flexibility index (Phi) is 8.90. The van der Waals surface area contributed by atoms with E-state index in [9.17, 15) is 27.6 Å². The Morgan fingerprint density at radius 3 is 2.46 bits per heavy atom. The molecule has 2 aromatic carbocycles. The van der Waals surface area contributed by atoms with Crippen LogP contribution in [0, 0.1) is 0 Å². The number of nitrogens with one attached hydrogen (secondary N) is 1. The molecule has 1 saturated carbocycles. The molecule has 0 radical (unpaired) electrons. The van der Waals surface area contributed by atoms with Gasteiger partial charge in [0.1, 0.15) is 12.3 Å². The van der Waals surface area contributed by atoms with Crippen LogP contribution in [0.4, 0.5) is 13.2 Å². The third kappa shape index (κ3) is 6.39. The van der Waals surface area contributed by atoms with E-state index in [-0.39, 0.29) is 23.9 Å². The van der Waals surface area contributed by atoms with Gasteiger partial charge in [0.2, 0.25) is 5.91 Å². The van der Waals surface area contributed by atoms with Crippen molar-refractivity contribution < 1.29 is 27.5 Å². The minimum absolute atomic E-state index is 0.128. The van der Waals surface area contributed by atoms with Gasteiger partial charge >= 0.3 is 6.18 Å². The highest BCUT2D eigenvalue weighted by atomic mass is 19.4. The molecular formula is C34H34F3N5O4. The quantitative estimate of drug-likeness (QED) is 0.246. The molecule has 0 bridgehead atoms. The Bertz CT molecular complexity index is 1850. The van der Waals surface area contributed by atoms with Crippen LogP contribution >= 0.6 is 0 Å². The summed E-state index contributed by atoms with van der Waals surface area (Å²) in [4.78, 5) is 37.8. The third-order valence-corrected chi connectivity index (χ3v) is 8.72. The van der Waals surface area contributed by atoms with Crippen LogP contribution in [-0.4, -0.2) is 50.5 Å². The number of fused-ring (bicyclic) bond motifs is 1. The van der Waals surface area contributed by atoms with Crippen LogP contribution in [0.3, 0.4) is 0 Å². The maximum atomic E-state index is 14.4. The fourth-order valence-corrected chi connectivity index (χ4v) is 6.49. The molecule has 0 saturated heterocycles. The summed E-state index contributed by atoms with van der Waals surface area (Å²) in [5.74, 6) is -2.07. The Morgan fingerprint density at radius 1 is 1.02 bits per heavy atom. The first kappa shape index (κ1) is 31.4. The highest BCUT2D eigenvalue weighted by Crippen LogP contribution is 2.32. The summed E-state index contributed by atoms with van der Waals surface area (Å²) in [6.07, 6.45) is 0.0541. The Hall–Kier alpha value is -4.58. The third-order valence-electron chi connectivity index (χ3n) is 8.72. The number of aryl methyl sites for hydroxylation is 1. The molecular weight excluding hydrogens is 599 g/mol. The summed E-state index contributed by atoms with van der Waals surface area (Å²) < 4.78 is 46.8. The number of amides is 1. The molecule has 1 amide bonds. The normalized spacial score (nSPS) is 18.5. The molecule has 0 spiro atoms. The number of halogens is 3. The lowest BCUT2D eigenvalue weighted by Gasteiger charge is -2.31. The van der Waals surface area contributed by atoms with Crippen LogP contribution in [0.2, 0.25) is 0 Å². The van der Waals surface area contributed by atoms with Gasteiger partial charge in [-0.15, -0.1) is 0 Å². The minimum Gasteiger partial charge on any atom is -0.370 e. The van der Waals surface area contributed by atoms with Crippen molar-refractivity contribution in [1.29, 1.82) is 0 Å². The monoisotopic (exact) mass is 633 g/mol. The lowest BCUT2D eigenvalue weighted by atomic mass is 9.91. The summed E-state index contributed by atoms with van der Waals surface area (Å²) in [7, 11) is 0. The molecule has 12 heteroatoms. The van der Waals surface area contributed by atoms with Gasteiger partial charge in [0.25, 0.3) is 11.3 Å². The average Bonchev–Trinajstić information content (AvgIpc) is 3.71. The zero-order valence-corrected chi connectivity index (χ0v) is 25.3. The summed E-state index contributed by atoms with van der Waals surface area (Å²) in [5, 5.41) is 8.88. The standard InChI is InChI=1S/C34H34F3N5O4/c1-2-6-29-27(18-21-9-14-25(22-7-4-3-5-8-22)26(17-21)28-19-31(44)40-39-28)33(45)41(32-15-16-38-42(29)32)23-10-12-24(13-11-23)46-20-30(43)34(35,36)37/h3-5,7-9,14-17,23-24H,2,6,10-13,18-20H2,1H3,(H,40,44). The van der Waals surface area contributed by atoms with Crippen LogP contribution in [-0.2, 0) is 27.2 Å². The van der Waals surface area contributed by atoms with Crippen molar-refractivity contribution in [3.63, 3.8) is 0 Å². The van der Waals surface area contributed by atoms with Gasteiger partial charge in [0.05, 0.1) is 30.1 Å². The number of hydrogen-bond donors (Lipinski definition) is 1. The predicted molar refractivity (Wildman–Crippen MR) is 166 cm³/mol. The number of benzene rings is 2. The van der Waals surface area contributed by atoms with Crippen LogP contribution < -0.4 is 11.0 Å². The van der Waals surface area contributed by atoms with Crippen molar-refractivity contribution in [2.75, 3.05) is 6.61 Å². The molecule has 0 atom stereocenters. The number of Topliss-reactive ketones (excluding diaryl/α,β-unsaturated/α-hetero) is 1. The number of carbonyl (C=O) groups excluding carboxylic acids is 2. The SMILES string of the molecule is CCCc1c(Cc2ccc(-c3ccccc3)c(C3=NNC(=O)C3)c2)c(=O)n(C2CCC(OCC(=O)C(F)(F)F)CC2)c2ccnn12. The lowest BCUT2D eigenvalue weighted by molar-refractivity contribution is -0.177. The topological polar surface area (TPSA) is 107 Å². The van der Waals surface area contributed by atoms with Gasteiger partial charge in [-0.3, -0.25) is 19.0 Å². The molecule has 240 valence electrons. The van der Waals surface area contributed by atoms with Crippen molar-refractivity contribution in [2.45, 2.75) is 76.6 Å². The number of aromatic nitrogens is 3. The maximum absolute atomic E-state index is 14.4. The molecule has 1 fully saturated rings. The van der Waals surface area contributed by atoms with Crippen molar-refractivity contribution in [1.82, 2.24) is 19.6 Å². The largest absolute Gasteiger partial charge is 0.452 e. The van der Waals surface area contributed by atoms with E-state index >= 15 is 0 Å². The second kappa shape index (κ2) is 13.0. The van der Waals surface area contributed by atoms with Gasteiger partial charge < -0.3 is 4.74 Å². The van der Waals surface area contributed by atoms with Crippen LogP contribution in [0.1, 0.15) is 73.9 Å². The molecule has 1 aliphatic heterocycles. The minimum atomic E-state index is -4.92. The predicted octanol–water partition coefficient (Wildman–Crippen LogP) is 5.56. The van der Waals surface area contributed by atoms with E-state index in [0.717, 1.165) is 34.4 Å². The van der Waals surface area contributed by atoms with E-state index in [0.29, 0.717) is 55.4 Å². The molecule has 9 nitrogen and oxygen atoms in total. The number of hydrazone groups is 1. The van der Waals surface area contributed by atoms with Crippen molar-refractivity contribution in [3.8, 4) is 11.1 Å². The van der Waals surface area contributed by atoms with E-state index in [1.54, 1.807) is 10.8 Å². The van der Waals surface area contributed by atoms with Gasteiger partial charge in [-0.05, 0) is 54.9 Å². The number of carbonyl (C=O) groups is 2. The molecule has 4 aromatic rings. The second-order valence-electron chi connectivity index (χ2n) is 11.8. The first-order chi connectivity index (χ1) is 22.1. The molecule has 0 unspecified atom stereocenters. The number of rotatable bonds is 10. The van der Waals surface area contributed by atoms with E-state index in [1.807, 2.05) is 66.0 Å². The lowest BCUT2D eigenvalue weighted by Crippen LogP contribution is -2.35. The van der Waals surface area contributed by atoms with Gasteiger partial charge in [-0.1, -0.05) is 55.8 Å². The fourth-order valence-electron chi connectivity index (χ4n) is 6.49. The van der Waals surface area contributed by atoms with Crippen LogP contribution in [0.25, 0.3) is 16.8 Å². The molecule has 1 N–H and O–H groups in total. The fraction of sp³-hybridized carbons (Fsp3) is 0.382. The number of ether oxygens (including phenoxy) is 1. The van der Waals surface area contributed by atoms with Gasteiger partial charge in [-0.25, -0.2) is 9.94 Å². The van der Waals surface area contributed by atoms with E-state index < -0.39 is 24.7 Å². The maximum Gasteiger partial charge on any atom is 0.452 e. The van der Waals surface area contributed by atoms with Crippen molar-refractivity contribution >= 4 is 23.0 Å². The molecule has 3 heterocycles. The summed E-state index contributed by atoms with van der Waals surface area (Å²) in [6, 6.07) is 17.4. The number of ketones is 1. The zero-order chi connectivity index (χ0) is 32.4. The second-order valence-corrected chi connectivity index (χ2v) is 11.8. The summed E-state index contributed by atoms with van der Waals surface area (Å²) >= 11 is 0. The zero-order valence-electron chi connectivity index (χ0n) is 25.3. The molecule has 6 rings (SSSR count). The molecule has 2 aromatic heterocycles. The van der Waals surface area contributed by atoms with Gasteiger partial charge in [0, 0.05) is 29.7 Å². The first-order valence-corrected chi connectivity index (χ1v) is 15.5. The molecule has 1 aliphatic carbocycles. The van der Waals surface area contributed by atoms with E-state index in [4.69, 9.17) is 4.74 Å². The van der Waals surface area contributed by atoms with Crippen molar-refractivity contribution in [3.05, 3.63) is 93.5 Å². The van der Waals surface area contributed by atoms with Gasteiger partial charge in [0.15, 0.2) is 0 Å². The highest BCUT2D eigenvalue weighted by Gasteiger charge is 2.39. The number of nitrogens with zero attached hydrogens (tertiary/aromatic N) is 4.